The summed E-state index contributed by atoms with van der Waals surface area (Å²) in [4.78, 5) is 17.5. The third-order valence-electron chi connectivity index (χ3n) is 7.32. The molecule has 2 aliphatic heterocycles. The van der Waals surface area contributed by atoms with Gasteiger partial charge in [0.05, 0.1) is 12.1 Å². The van der Waals surface area contributed by atoms with E-state index < -0.39 is 0 Å². The number of fused-ring (bicyclic) bond motifs is 1. The lowest BCUT2D eigenvalue weighted by molar-refractivity contribution is -0.0964. The maximum absolute atomic E-state index is 13.1. The summed E-state index contributed by atoms with van der Waals surface area (Å²) in [6.45, 7) is 2.97. The number of carbonyl (C=O) groups is 1. The van der Waals surface area contributed by atoms with E-state index in [1.807, 2.05) is 29.2 Å². The predicted octanol–water partition coefficient (Wildman–Crippen LogP) is 3.67. The molecule has 158 valence electrons. The van der Waals surface area contributed by atoms with Gasteiger partial charge in [-0.2, -0.15) is 0 Å². The van der Waals surface area contributed by atoms with E-state index in [1.54, 1.807) is 0 Å². The van der Waals surface area contributed by atoms with Gasteiger partial charge >= 0.3 is 6.09 Å². The van der Waals surface area contributed by atoms with Gasteiger partial charge in [-0.05, 0) is 29.9 Å². The molecular formula is C25H30N2O3. The summed E-state index contributed by atoms with van der Waals surface area (Å²) in [6.07, 6.45) is 2.98. The van der Waals surface area contributed by atoms with Crippen LogP contribution in [0.5, 0.6) is 0 Å². The summed E-state index contributed by atoms with van der Waals surface area (Å²) in [5, 5.41) is 10.2. The molecule has 0 bridgehead atoms. The first-order chi connectivity index (χ1) is 14.7. The number of likely N-dealkylation sites (tertiary alicyclic amines) is 1. The summed E-state index contributed by atoms with van der Waals surface area (Å²) in [7, 11) is 0. The maximum atomic E-state index is 13.1. The summed E-state index contributed by atoms with van der Waals surface area (Å²) < 4.78 is 6.01. The molecule has 0 radical (unpaired) electrons. The van der Waals surface area contributed by atoms with Crippen molar-refractivity contribution in [2.75, 3.05) is 19.7 Å². The van der Waals surface area contributed by atoms with Crippen LogP contribution in [0.3, 0.4) is 0 Å². The fourth-order valence-corrected chi connectivity index (χ4v) is 5.71. The average molecular weight is 407 g/mol. The molecule has 1 saturated carbocycles. The van der Waals surface area contributed by atoms with E-state index in [-0.39, 0.29) is 30.3 Å². The molecule has 5 rings (SSSR count). The fraction of sp³-hybridized carbons (Fsp3) is 0.480. The van der Waals surface area contributed by atoms with Crippen molar-refractivity contribution < 1.29 is 14.6 Å². The largest absolute Gasteiger partial charge is 0.443 e. The molecule has 0 aromatic heterocycles. The van der Waals surface area contributed by atoms with Crippen molar-refractivity contribution in [3.8, 4) is 0 Å². The minimum atomic E-state index is -0.369. The standard InChI is InChI=1S/C25H30N2O3/c28-17-21-16-26(14-19-8-3-1-4-9-19)18-25(22-12-7-13-22)23(21)30-24(29)27(25)15-20-10-5-2-6-11-20/h1-6,8-11,21-23,28H,7,12-18H2/t21-,23+,25+/m1/s1. The van der Waals surface area contributed by atoms with Gasteiger partial charge in [0.1, 0.15) is 6.10 Å². The van der Waals surface area contributed by atoms with Crippen molar-refractivity contribution >= 4 is 6.09 Å². The van der Waals surface area contributed by atoms with Crippen molar-refractivity contribution in [3.05, 3.63) is 71.8 Å². The molecule has 30 heavy (non-hydrogen) atoms. The van der Waals surface area contributed by atoms with Crippen LogP contribution in [0.4, 0.5) is 4.79 Å². The predicted molar refractivity (Wildman–Crippen MR) is 115 cm³/mol. The van der Waals surface area contributed by atoms with Crippen LogP contribution in [0.1, 0.15) is 30.4 Å². The van der Waals surface area contributed by atoms with Gasteiger partial charge in [-0.1, -0.05) is 67.1 Å². The topological polar surface area (TPSA) is 53.0 Å². The Hall–Kier alpha value is -2.37. The van der Waals surface area contributed by atoms with E-state index in [9.17, 15) is 9.90 Å². The van der Waals surface area contributed by atoms with Crippen molar-refractivity contribution in [1.82, 2.24) is 9.80 Å². The molecule has 1 N–H and O–H groups in total. The lowest BCUT2D eigenvalue weighted by atomic mass is 9.63. The number of aliphatic hydroxyl groups excluding tert-OH is 1. The first-order valence-corrected chi connectivity index (χ1v) is 11.1. The number of rotatable bonds is 6. The van der Waals surface area contributed by atoms with Gasteiger partial charge in [0.25, 0.3) is 0 Å². The Morgan fingerprint density at radius 2 is 1.60 bits per heavy atom. The van der Waals surface area contributed by atoms with Gasteiger partial charge < -0.3 is 9.84 Å². The van der Waals surface area contributed by atoms with Crippen molar-refractivity contribution in [1.29, 1.82) is 0 Å². The van der Waals surface area contributed by atoms with Gasteiger partial charge in [-0.25, -0.2) is 4.79 Å². The molecule has 0 spiro atoms. The summed E-state index contributed by atoms with van der Waals surface area (Å²) in [6, 6.07) is 20.6. The Morgan fingerprint density at radius 1 is 0.967 bits per heavy atom. The number of amides is 1. The van der Waals surface area contributed by atoms with E-state index in [1.165, 1.54) is 12.0 Å². The Bertz CT molecular complexity index is 870. The summed E-state index contributed by atoms with van der Waals surface area (Å²) in [5.74, 6) is 0.359. The van der Waals surface area contributed by atoms with E-state index in [4.69, 9.17) is 4.74 Å². The highest BCUT2D eigenvalue weighted by molar-refractivity contribution is 5.72. The highest BCUT2D eigenvalue weighted by atomic mass is 16.6. The zero-order valence-corrected chi connectivity index (χ0v) is 17.3. The number of aliphatic hydroxyl groups is 1. The molecule has 2 heterocycles. The van der Waals surface area contributed by atoms with E-state index in [0.717, 1.165) is 38.0 Å². The number of benzene rings is 2. The zero-order valence-electron chi connectivity index (χ0n) is 17.3. The Balaban J connectivity index is 1.50. The van der Waals surface area contributed by atoms with Crippen LogP contribution < -0.4 is 0 Å². The molecule has 3 fully saturated rings. The fourth-order valence-electron chi connectivity index (χ4n) is 5.71. The average Bonchev–Trinajstić information content (AvgIpc) is 3.00. The third-order valence-corrected chi connectivity index (χ3v) is 7.32. The van der Waals surface area contributed by atoms with Gasteiger partial charge in [0.2, 0.25) is 0 Å². The molecular weight excluding hydrogens is 376 g/mol. The highest BCUT2D eigenvalue weighted by Crippen LogP contribution is 2.51. The monoisotopic (exact) mass is 406 g/mol. The van der Waals surface area contributed by atoms with Crippen LogP contribution in [0.25, 0.3) is 0 Å². The van der Waals surface area contributed by atoms with Crippen LogP contribution >= 0.6 is 0 Å². The number of nitrogens with zero attached hydrogens (tertiary/aromatic N) is 2. The van der Waals surface area contributed by atoms with Crippen molar-refractivity contribution in [2.45, 2.75) is 44.0 Å². The second-order valence-corrected chi connectivity index (χ2v) is 9.09. The summed E-state index contributed by atoms with van der Waals surface area (Å²) in [5.41, 5.74) is 2.01. The third kappa shape index (κ3) is 3.30. The lowest BCUT2D eigenvalue weighted by Gasteiger charge is -2.55. The van der Waals surface area contributed by atoms with Gasteiger partial charge in [-0.3, -0.25) is 9.80 Å². The molecule has 0 unspecified atom stereocenters. The molecule has 5 nitrogen and oxygen atoms in total. The van der Waals surface area contributed by atoms with E-state index >= 15 is 0 Å². The number of hydrogen-bond donors (Lipinski definition) is 1. The van der Waals surface area contributed by atoms with E-state index in [2.05, 4.69) is 41.3 Å². The second kappa shape index (κ2) is 8.05. The molecule has 3 atom stereocenters. The molecule has 5 heteroatoms. The molecule has 1 aliphatic carbocycles. The van der Waals surface area contributed by atoms with Crippen LogP contribution in [0, 0.1) is 11.8 Å². The minimum Gasteiger partial charge on any atom is -0.443 e. The first kappa shape index (κ1) is 19.6. The normalized spacial score (nSPS) is 29.4. The van der Waals surface area contributed by atoms with Gasteiger partial charge in [0.15, 0.2) is 0 Å². The Morgan fingerprint density at radius 3 is 2.17 bits per heavy atom. The Labute approximate surface area is 178 Å². The Kier molecular flexibility index (Phi) is 5.25. The zero-order chi connectivity index (χ0) is 20.6. The SMILES string of the molecule is O=C1O[C@H]2[C@@H](CO)CN(Cc3ccccc3)C[C@@]2(C2CCC2)N1Cc1ccccc1. The van der Waals surface area contributed by atoms with Crippen LogP contribution in [-0.2, 0) is 17.8 Å². The maximum Gasteiger partial charge on any atom is 0.411 e. The number of carbonyl (C=O) groups excluding carboxylic acids is 1. The second-order valence-electron chi connectivity index (χ2n) is 9.09. The summed E-state index contributed by atoms with van der Waals surface area (Å²) >= 11 is 0. The first-order valence-electron chi connectivity index (χ1n) is 11.1. The van der Waals surface area contributed by atoms with Crippen molar-refractivity contribution in [2.24, 2.45) is 11.8 Å². The van der Waals surface area contributed by atoms with Crippen molar-refractivity contribution in [3.63, 3.8) is 0 Å². The van der Waals surface area contributed by atoms with E-state index in [0.29, 0.717) is 12.5 Å². The smallest absolute Gasteiger partial charge is 0.411 e. The quantitative estimate of drug-likeness (QED) is 0.795. The molecule has 2 aromatic rings. The number of ether oxygens (including phenoxy) is 1. The number of piperidine rings is 1. The molecule has 3 aliphatic rings. The molecule has 2 saturated heterocycles. The minimum absolute atomic E-state index is 0.0386. The number of hydrogen-bond acceptors (Lipinski definition) is 4. The molecule has 1 amide bonds. The van der Waals surface area contributed by atoms with Gasteiger partial charge in [-0.15, -0.1) is 0 Å². The molecule has 2 aromatic carbocycles. The lowest BCUT2D eigenvalue weighted by Crippen LogP contribution is -2.69. The van der Waals surface area contributed by atoms with Crippen LogP contribution in [0.15, 0.2) is 60.7 Å². The van der Waals surface area contributed by atoms with Crippen LogP contribution in [0.2, 0.25) is 0 Å². The van der Waals surface area contributed by atoms with Crippen LogP contribution in [-0.4, -0.2) is 52.3 Å². The van der Waals surface area contributed by atoms with Gasteiger partial charge in [0, 0.05) is 32.1 Å². The highest BCUT2D eigenvalue weighted by Gasteiger charge is 2.64.